The summed E-state index contributed by atoms with van der Waals surface area (Å²) < 4.78 is 11.6. The topological polar surface area (TPSA) is 60.5 Å². The summed E-state index contributed by atoms with van der Waals surface area (Å²) in [7, 11) is 1.62. The summed E-state index contributed by atoms with van der Waals surface area (Å²) >= 11 is 11.0. The minimum Gasteiger partial charge on any atom is -0.497 e. The zero-order valence-corrected chi connectivity index (χ0v) is 18.7. The van der Waals surface area contributed by atoms with E-state index in [1.54, 1.807) is 13.2 Å². The normalized spacial score (nSPS) is 10.6. The Kier molecular flexibility index (Phi) is 6.59. The molecule has 8 heteroatoms. The Morgan fingerprint density at radius 1 is 1.32 bits per heavy atom. The Hall–Kier alpha value is -2.09. The number of amides is 1. The molecule has 0 radical (unpaired) electrons. The van der Waals surface area contributed by atoms with E-state index in [1.807, 2.05) is 43.5 Å². The maximum absolute atomic E-state index is 12.2. The zero-order chi connectivity index (χ0) is 20.3. The van der Waals surface area contributed by atoms with Gasteiger partial charge in [-0.1, -0.05) is 23.7 Å². The summed E-state index contributed by atoms with van der Waals surface area (Å²) in [5.74, 6) is 1.04. The predicted octanol–water partition coefficient (Wildman–Crippen LogP) is 5.87. The summed E-state index contributed by atoms with van der Waals surface area (Å²) in [5.41, 5.74) is 3.45. The first-order valence-corrected chi connectivity index (χ1v) is 10.4. The van der Waals surface area contributed by atoms with Gasteiger partial charge in [0.1, 0.15) is 11.5 Å². The third-order valence-corrected chi connectivity index (χ3v) is 6.37. The van der Waals surface area contributed by atoms with Crippen LogP contribution in [-0.2, 0) is 4.79 Å². The van der Waals surface area contributed by atoms with E-state index in [4.69, 9.17) is 21.1 Å². The zero-order valence-electron chi connectivity index (χ0n) is 15.5. The molecule has 2 aromatic carbocycles. The number of hydrogen-bond donors (Lipinski definition) is 1. The SMILES string of the molecule is COc1cccc(-c2csc(NC(=O)COc3cc(C)c(Cl)c(C)c3Br)n2)c1. The van der Waals surface area contributed by atoms with Crippen LogP contribution < -0.4 is 14.8 Å². The minimum atomic E-state index is -0.288. The van der Waals surface area contributed by atoms with Gasteiger partial charge in [-0.15, -0.1) is 11.3 Å². The lowest BCUT2D eigenvalue weighted by atomic mass is 10.1. The summed E-state index contributed by atoms with van der Waals surface area (Å²) in [6.45, 7) is 3.65. The van der Waals surface area contributed by atoms with Crippen LogP contribution in [0.15, 0.2) is 40.2 Å². The van der Waals surface area contributed by atoms with Crippen LogP contribution in [0.3, 0.4) is 0 Å². The lowest BCUT2D eigenvalue weighted by Gasteiger charge is -2.12. The number of anilines is 1. The molecule has 0 saturated heterocycles. The highest BCUT2D eigenvalue weighted by molar-refractivity contribution is 9.10. The fourth-order valence-electron chi connectivity index (χ4n) is 2.55. The first-order valence-electron chi connectivity index (χ1n) is 8.37. The minimum absolute atomic E-state index is 0.132. The number of aromatic nitrogens is 1. The second-order valence-corrected chi connectivity index (χ2v) is 8.08. The van der Waals surface area contributed by atoms with Crippen LogP contribution in [0.5, 0.6) is 11.5 Å². The average Bonchev–Trinajstić information content (AvgIpc) is 3.16. The van der Waals surface area contributed by atoms with Crippen LogP contribution in [0.25, 0.3) is 11.3 Å². The molecule has 0 fully saturated rings. The number of methoxy groups -OCH3 is 1. The molecule has 146 valence electrons. The van der Waals surface area contributed by atoms with E-state index >= 15 is 0 Å². The van der Waals surface area contributed by atoms with E-state index in [9.17, 15) is 4.79 Å². The van der Waals surface area contributed by atoms with Crippen molar-refractivity contribution in [3.63, 3.8) is 0 Å². The number of carbonyl (C=O) groups excluding carboxylic acids is 1. The molecule has 0 aliphatic rings. The molecule has 1 N–H and O–H groups in total. The second-order valence-electron chi connectivity index (χ2n) is 6.05. The molecule has 0 saturated carbocycles. The highest BCUT2D eigenvalue weighted by atomic mass is 79.9. The van der Waals surface area contributed by atoms with Crippen LogP contribution in [0.1, 0.15) is 11.1 Å². The summed E-state index contributed by atoms with van der Waals surface area (Å²) in [6, 6.07) is 9.40. The number of nitrogens with zero attached hydrogens (tertiary/aromatic N) is 1. The van der Waals surface area contributed by atoms with Gasteiger partial charge in [0.25, 0.3) is 5.91 Å². The second kappa shape index (κ2) is 8.94. The molecular weight excluding hydrogens is 464 g/mol. The van der Waals surface area contributed by atoms with Crippen LogP contribution >= 0.6 is 38.9 Å². The number of nitrogens with one attached hydrogen (secondary N) is 1. The van der Waals surface area contributed by atoms with Gasteiger partial charge in [0.15, 0.2) is 11.7 Å². The van der Waals surface area contributed by atoms with Crippen molar-refractivity contribution in [3.05, 3.63) is 56.3 Å². The summed E-state index contributed by atoms with van der Waals surface area (Å²) in [6.07, 6.45) is 0. The molecule has 28 heavy (non-hydrogen) atoms. The first kappa shape index (κ1) is 20.6. The Balaban J connectivity index is 1.64. The van der Waals surface area contributed by atoms with Gasteiger partial charge in [0, 0.05) is 16.0 Å². The lowest BCUT2D eigenvalue weighted by Crippen LogP contribution is -2.20. The van der Waals surface area contributed by atoms with Crippen molar-refractivity contribution in [3.8, 4) is 22.8 Å². The number of rotatable bonds is 6. The molecule has 3 aromatic rings. The number of benzene rings is 2. The van der Waals surface area contributed by atoms with Crippen LogP contribution in [-0.4, -0.2) is 24.6 Å². The number of carbonyl (C=O) groups is 1. The van der Waals surface area contributed by atoms with E-state index < -0.39 is 0 Å². The van der Waals surface area contributed by atoms with Gasteiger partial charge in [-0.25, -0.2) is 4.98 Å². The molecule has 1 heterocycles. The van der Waals surface area contributed by atoms with Gasteiger partial charge in [-0.05, 0) is 59.1 Å². The van der Waals surface area contributed by atoms with E-state index in [-0.39, 0.29) is 12.5 Å². The van der Waals surface area contributed by atoms with Crippen molar-refractivity contribution in [2.75, 3.05) is 19.0 Å². The molecule has 5 nitrogen and oxygen atoms in total. The largest absolute Gasteiger partial charge is 0.497 e. The molecular formula is C20H18BrClN2O3S. The van der Waals surface area contributed by atoms with Gasteiger partial charge >= 0.3 is 0 Å². The van der Waals surface area contributed by atoms with Crippen molar-refractivity contribution in [2.24, 2.45) is 0 Å². The van der Waals surface area contributed by atoms with Crippen molar-refractivity contribution < 1.29 is 14.3 Å². The monoisotopic (exact) mass is 480 g/mol. The van der Waals surface area contributed by atoms with E-state index in [0.717, 1.165) is 32.6 Å². The van der Waals surface area contributed by atoms with E-state index in [0.29, 0.717) is 15.9 Å². The lowest BCUT2D eigenvalue weighted by molar-refractivity contribution is -0.118. The summed E-state index contributed by atoms with van der Waals surface area (Å²) in [4.78, 5) is 16.7. The Labute approximate surface area is 180 Å². The van der Waals surface area contributed by atoms with Crippen molar-refractivity contribution in [1.29, 1.82) is 0 Å². The Morgan fingerprint density at radius 3 is 2.86 bits per heavy atom. The number of hydrogen-bond acceptors (Lipinski definition) is 5. The number of halogens is 2. The van der Waals surface area contributed by atoms with Crippen molar-refractivity contribution in [1.82, 2.24) is 4.98 Å². The maximum atomic E-state index is 12.2. The van der Waals surface area contributed by atoms with E-state index in [1.165, 1.54) is 11.3 Å². The Bertz CT molecular complexity index is 1020. The highest BCUT2D eigenvalue weighted by Gasteiger charge is 2.14. The standard InChI is InChI=1S/C20H18BrClN2O3S/c1-11-7-16(18(21)12(2)19(11)22)27-9-17(25)24-20-23-15(10-28-20)13-5-4-6-14(8-13)26-3/h4-8,10H,9H2,1-3H3,(H,23,24,25). The quantitative estimate of drug-likeness (QED) is 0.478. The maximum Gasteiger partial charge on any atom is 0.264 e. The fraction of sp³-hybridized carbons (Fsp3) is 0.200. The van der Waals surface area contributed by atoms with Gasteiger partial charge < -0.3 is 9.47 Å². The van der Waals surface area contributed by atoms with E-state index in [2.05, 4.69) is 26.2 Å². The van der Waals surface area contributed by atoms with Gasteiger partial charge in [0.2, 0.25) is 0 Å². The highest BCUT2D eigenvalue weighted by Crippen LogP contribution is 2.35. The van der Waals surface area contributed by atoms with Crippen molar-refractivity contribution >= 4 is 49.9 Å². The predicted molar refractivity (Wildman–Crippen MR) is 117 cm³/mol. The molecule has 0 atom stereocenters. The Morgan fingerprint density at radius 2 is 2.11 bits per heavy atom. The van der Waals surface area contributed by atoms with Crippen LogP contribution in [0, 0.1) is 13.8 Å². The fourth-order valence-corrected chi connectivity index (χ4v) is 3.98. The molecule has 0 aliphatic carbocycles. The third-order valence-electron chi connectivity index (χ3n) is 4.04. The molecule has 3 rings (SSSR count). The smallest absolute Gasteiger partial charge is 0.264 e. The van der Waals surface area contributed by atoms with Crippen LogP contribution in [0.2, 0.25) is 5.02 Å². The molecule has 1 aromatic heterocycles. The third kappa shape index (κ3) is 4.66. The number of ether oxygens (including phenoxy) is 2. The number of thiazole rings is 1. The van der Waals surface area contributed by atoms with Gasteiger partial charge in [-0.3, -0.25) is 10.1 Å². The molecule has 1 amide bonds. The molecule has 0 aliphatic heterocycles. The van der Waals surface area contributed by atoms with Gasteiger partial charge in [0.05, 0.1) is 17.3 Å². The van der Waals surface area contributed by atoms with Crippen LogP contribution in [0.4, 0.5) is 5.13 Å². The average molecular weight is 482 g/mol. The number of aryl methyl sites for hydroxylation is 1. The molecule has 0 spiro atoms. The molecule has 0 bridgehead atoms. The van der Waals surface area contributed by atoms with Gasteiger partial charge in [-0.2, -0.15) is 0 Å². The summed E-state index contributed by atoms with van der Waals surface area (Å²) in [5, 5.41) is 5.83. The van der Waals surface area contributed by atoms with Crippen molar-refractivity contribution in [2.45, 2.75) is 13.8 Å². The first-order chi connectivity index (χ1) is 13.4. The molecule has 0 unspecified atom stereocenters.